The molecule has 0 saturated heterocycles. The molecule has 0 atom stereocenters. The van der Waals surface area contributed by atoms with Crippen molar-refractivity contribution in [3.8, 4) is 22.4 Å². The van der Waals surface area contributed by atoms with E-state index < -0.39 is 0 Å². The lowest BCUT2D eigenvalue weighted by molar-refractivity contribution is 0.439. The first-order valence-electron chi connectivity index (χ1n) is 5.92. The van der Waals surface area contributed by atoms with Crippen LogP contribution in [0.4, 0.5) is 5.88 Å². The number of nitrogens with two attached hydrogens (primary N) is 1. The van der Waals surface area contributed by atoms with Gasteiger partial charge in [-0.3, -0.25) is 0 Å². The third kappa shape index (κ3) is 2.51. The summed E-state index contributed by atoms with van der Waals surface area (Å²) in [7, 11) is 0. The average Bonchev–Trinajstić information content (AvgIpc) is 2.82. The maximum absolute atomic E-state index is 5.93. The standard InChI is InChI=1S/C15H10Br2N2O/c16-11-6-4-9(5-7-11)13-14(19-20-15(13)18)10-2-1-3-12(17)8-10/h1-8H,18H2. The Labute approximate surface area is 133 Å². The molecule has 1 heterocycles. The quantitative estimate of drug-likeness (QED) is 0.657. The Kier molecular flexibility index (Phi) is 3.63. The molecule has 3 rings (SSSR count). The highest BCUT2D eigenvalue weighted by Crippen LogP contribution is 2.37. The number of benzene rings is 2. The predicted octanol–water partition coefficient (Wildman–Crippen LogP) is 5.12. The van der Waals surface area contributed by atoms with Crippen molar-refractivity contribution >= 4 is 37.7 Å². The van der Waals surface area contributed by atoms with E-state index in [9.17, 15) is 0 Å². The van der Waals surface area contributed by atoms with E-state index in [2.05, 4.69) is 37.0 Å². The lowest BCUT2D eigenvalue weighted by Gasteiger charge is -2.03. The monoisotopic (exact) mass is 392 g/mol. The Balaban J connectivity index is 2.17. The van der Waals surface area contributed by atoms with Crippen molar-refractivity contribution in [3.05, 3.63) is 57.5 Å². The van der Waals surface area contributed by atoms with Crippen molar-refractivity contribution in [2.75, 3.05) is 5.73 Å². The van der Waals surface area contributed by atoms with Crippen LogP contribution in [-0.2, 0) is 0 Å². The summed E-state index contributed by atoms with van der Waals surface area (Å²) in [5.41, 5.74) is 9.42. The third-order valence-corrected chi connectivity index (χ3v) is 3.97. The van der Waals surface area contributed by atoms with Crippen LogP contribution in [0.3, 0.4) is 0 Å². The van der Waals surface area contributed by atoms with Gasteiger partial charge in [0.2, 0.25) is 5.88 Å². The first-order chi connectivity index (χ1) is 9.65. The topological polar surface area (TPSA) is 52.0 Å². The molecule has 3 aromatic rings. The zero-order valence-corrected chi connectivity index (χ0v) is 13.5. The molecular formula is C15H10Br2N2O. The van der Waals surface area contributed by atoms with Gasteiger partial charge in [-0.05, 0) is 29.8 Å². The van der Waals surface area contributed by atoms with Crippen LogP contribution in [-0.4, -0.2) is 5.16 Å². The van der Waals surface area contributed by atoms with Gasteiger partial charge in [-0.25, -0.2) is 0 Å². The van der Waals surface area contributed by atoms with Gasteiger partial charge in [0.1, 0.15) is 5.69 Å². The fourth-order valence-electron chi connectivity index (χ4n) is 2.03. The zero-order valence-electron chi connectivity index (χ0n) is 10.3. The van der Waals surface area contributed by atoms with Gasteiger partial charge < -0.3 is 10.3 Å². The predicted molar refractivity (Wildman–Crippen MR) is 87.2 cm³/mol. The third-order valence-electron chi connectivity index (χ3n) is 2.95. The lowest BCUT2D eigenvalue weighted by Crippen LogP contribution is -1.87. The van der Waals surface area contributed by atoms with Crippen LogP contribution >= 0.6 is 31.9 Å². The number of nitrogens with zero attached hydrogens (tertiary/aromatic N) is 1. The molecule has 0 aliphatic heterocycles. The fraction of sp³-hybridized carbons (Fsp3) is 0. The van der Waals surface area contributed by atoms with E-state index in [1.807, 2.05) is 48.5 Å². The molecule has 0 aliphatic rings. The summed E-state index contributed by atoms with van der Waals surface area (Å²) < 4.78 is 7.17. The number of hydrogen-bond donors (Lipinski definition) is 1. The number of hydrogen-bond acceptors (Lipinski definition) is 3. The van der Waals surface area contributed by atoms with Crippen molar-refractivity contribution < 1.29 is 4.52 Å². The second kappa shape index (κ2) is 5.42. The Morgan fingerprint density at radius 2 is 1.65 bits per heavy atom. The number of halogens is 2. The average molecular weight is 394 g/mol. The smallest absolute Gasteiger partial charge is 0.230 e. The largest absolute Gasteiger partial charge is 0.367 e. The highest BCUT2D eigenvalue weighted by molar-refractivity contribution is 9.10. The van der Waals surface area contributed by atoms with Gasteiger partial charge in [0.15, 0.2) is 0 Å². The molecule has 0 spiro atoms. The normalized spacial score (nSPS) is 10.7. The van der Waals surface area contributed by atoms with Crippen molar-refractivity contribution in [2.45, 2.75) is 0 Å². The van der Waals surface area contributed by atoms with Crippen molar-refractivity contribution in [2.24, 2.45) is 0 Å². The first kappa shape index (κ1) is 13.4. The minimum Gasteiger partial charge on any atom is -0.367 e. The Morgan fingerprint density at radius 3 is 2.35 bits per heavy atom. The molecule has 0 unspecified atom stereocenters. The summed E-state index contributed by atoms with van der Waals surface area (Å²) in [5.74, 6) is 0.322. The second-order valence-corrected chi connectivity index (χ2v) is 6.12. The highest BCUT2D eigenvalue weighted by Gasteiger charge is 2.17. The van der Waals surface area contributed by atoms with E-state index in [-0.39, 0.29) is 0 Å². The Morgan fingerprint density at radius 1 is 0.900 bits per heavy atom. The van der Waals surface area contributed by atoms with Crippen LogP contribution < -0.4 is 5.73 Å². The number of anilines is 1. The molecule has 0 fully saturated rings. The van der Waals surface area contributed by atoms with E-state index in [1.165, 1.54) is 0 Å². The number of nitrogen functional groups attached to an aromatic ring is 1. The number of aromatic nitrogens is 1. The van der Waals surface area contributed by atoms with Crippen LogP contribution in [0, 0.1) is 0 Å². The maximum atomic E-state index is 5.93. The maximum Gasteiger partial charge on any atom is 0.230 e. The van der Waals surface area contributed by atoms with Gasteiger partial charge in [-0.2, -0.15) is 0 Å². The van der Waals surface area contributed by atoms with E-state index >= 15 is 0 Å². The van der Waals surface area contributed by atoms with Crippen LogP contribution in [0.2, 0.25) is 0 Å². The summed E-state index contributed by atoms with van der Waals surface area (Å²) >= 11 is 6.88. The van der Waals surface area contributed by atoms with Crippen molar-refractivity contribution in [3.63, 3.8) is 0 Å². The summed E-state index contributed by atoms with van der Waals surface area (Å²) in [6, 6.07) is 15.8. The molecular weight excluding hydrogens is 384 g/mol. The Hall–Kier alpha value is -1.59. The van der Waals surface area contributed by atoms with Crippen LogP contribution in [0.25, 0.3) is 22.4 Å². The molecule has 3 nitrogen and oxygen atoms in total. The first-order valence-corrected chi connectivity index (χ1v) is 7.51. The van der Waals surface area contributed by atoms with Gasteiger partial charge >= 0.3 is 0 Å². The zero-order chi connectivity index (χ0) is 14.1. The van der Waals surface area contributed by atoms with E-state index in [1.54, 1.807) is 0 Å². The molecule has 2 aromatic carbocycles. The van der Waals surface area contributed by atoms with Gasteiger partial charge in [0, 0.05) is 14.5 Å². The van der Waals surface area contributed by atoms with Crippen molar-refractivity contribution in [1.82, 2.24) is 5.16 Å². The SMILES string of the molecule is Nc1onc(-c2cccc(Br)c2)c1-c1ccc(Br)cc1. The fourth-order valence-corrected chi connectivity index (χ4v) is 2.69. The molecule has 2 N–H and O–H groups in total. The summed E-state index contributed by atoms with van der Waals surface area (Å²) in [5, 5.41) is 4.09. The van der Waals surface area contributed by atoms with E-state index in [0.29, 0.717) is 5.88 Å². The van der Waals surface area contributed by atoms with Gasteiger partial charge in [0.25, 0.3) is 0 Å². The van der Waals surface area contributed by atoms with E-state index in [4.69, 9.17) is 10.3 Å². The highest BCUT2D eigenvalue weighted by atomic mass is 79.9. The molecule has 0 bridgehead atoms. The van der Waals surface area contributed by atoms with Gasteiger partial charge in [0.05, 0.1) is 5.56 Å². The van der Waals surface area contributed by atoms with Gasteiger partial charge in [-0.1, -0.05) is 61.3 Å². The summed E-state index contributed by atoms with van der Waals surface area (Å²) in [6.45, 7) is 0. The molecule has 0 saturated carbocycles. The minimum absolute atomic E-state index is 0.322. The molecule has 0 radical (unpaired) electrons. The molecule has 20 heavy (non-hydrogen) atoms. The minimum atomic E-state index is 0.322. The van der Waals surface area contributed by atoms with Crippen molar-refractivity contribution in [1.29, 1.82) is 0 Å². The van der Waals surface area contributed by atoms with Crippen LogP contribution in [0.1, 0.15) is 0 Å². The molecule has 0 amide bonds. The molecule has 1 aromatic heterocycles. The lowest BCUT2D eigenvalue weighted by atomic mass is 10.0. The molecule has 100 valence electrons. The van der Waals surface area contributed by atoms with Crippen LogP contribution in [0.15, 0.2) is 62.0 Å². The van der Waals surface area contributed by atoms with Crippen LogP contribution in [0.5, 0.6) is 0 Å². The molecule has 5 heteroatoms. The van der Waals surface area contributed by atoms with Gasteiger partial charge in [-0.15, -0.1) is 0 Å². The summed E-state index contributed by atoms with van der Waals surface area (Å²) in [6.07, 6.45) is 0. The second-order valence-electron chi connectivity index (χ2n) is 4.29. The van der Waals surface area contributed by atoms with E-state index in [0.717, 1.165) is 31.3 Å². The Bertz CT molecular complexity index is 751. The number of rotatable bonds is 2. The molecule has 0 aliphatic carbocycles. The summed E-state index contributed by atoms with van der Waals surface area (Å²) in [4.78, 5) is 0.